The van der Waals surface area contributed by atoms with Crippen LogP contribution in [-0.2, 0) is 19.8 Å². The zero-order valence-electron chi connectivity index (χ0n) is 14.4. The van der Waals surface area contributed by atoms with Gasteiger partial charge in [0.15, 0.2) is 0 Å². The summed E-state index contributed by atoms with van der Waals surface area (Å²) in [6.07, 6.45) is -0.527. The molecule has 6 heteroatoms. The summed E-state index contributed by atoms with van der Waals surface area (Å²) in [6.45, 7) is 1.73. The summed E-state index contributed by atoms with van der Waals surface area (Å²) < 4.78 is 0. The Morgan fingerprint density at radius 3 is 1.77 bits per heavy atom. The van der Waals surface area contributed by atoms with Crippen LogP contribution in [-0.4, -0.2) is 34.1 Å². The van der Waals surface area contributed by atoms with E-state index in [1.165, 1.54) is 0 Å². The van der Waals surface area contributed by atoms with Crippen molar-refractivity contribution in [2.24, 2.45) is 0 Å². The Bertz CT molecular complexity index is 734. The topological polar surface area (TPSA) is 104 Å². The first-order valence-electron chi connectivity index (χ1n) is 8.22. The van der Waals surface area contributed by atoms with E-state index < -0.39 is 29.3 Å². The normalized spacial score (nSPS) is 12.2. The van der Waals surface area contributed by atoms with Crippen molar-refractivity contribution < 1.29 is 24.6 Å². The van der Waals surface area contributed by atoms with Gasteiger partial charge in [-0.1, -0.05) is 60.7 Å². The van der Waals surface area contributed by atoms with Gasteiger partial charge in [-0.25, -0.2) is 4.79 Å². The SMILES string of the molecule is CC(C(=O)N[C@@H](CCC(=O)O)C(=O)O)(c1ccccc1)c1ccccc1. The van der Waals surface area contributed by atoms with Gasteiger partial charge in [-0.05, 0) is 24.5 Å². The molecule has 1 atom stereocenters. The number of carboxylic acid groups (broad SMARTS) is 2. The molecular weight excluding hydrogens is 334 g/mol. The quantitative estimate of drug-likeness (QED) is 0.675. The first-order chi connectivity index (χ1) is 12.4. The first-order valence-corrected chi connectivity index (χ1v) is 8.22. The molecule has 3 N–H and O–H groups in total. The molecule has 0 aliphatic rings. The Morgan fingerprint density at radius 2 is 1.38 bits per heavy atom. The van der Waals surface area contributed by atoms with Crippen LogP contribution in [0.5, 0.6) is 0 Å². The summed E-state index contributed by atoms with van der Waals surface area (Å²) in [7, 11) is 0. The van der Waals surface area contributed by atoms with Gasteiger partial charge in [-0.2, -0.15) is 0 Å². The molecule has 6 nitrogen and oxygen atoms in total. The Morgan fingerprint density at radius 1 is 0.923 bits per heavy atom. The van der Waals surface area contributed by atoms with Gasteiger partial charge in [0.1, 0.15) is 6.04 Å². The van der Waals surface area contributed by atoms with Crippen molar-refractivity contribution in [2.45, 2.75) is 31.2 Å². The number of hydrogen-bond acceptors (Lipinski definition) is 3. The highest BCUT2D eigenvalue weighted by molar-refractivity contribution is 5.94. The molecule has 0 heterocycles. The van der Waals surface area contributed by atoms with Gasteiger partial charge in [0.05, 0.1) is 5.41 Å². The second-order valence-corrected chi connectivity index (χ2v) is 6.15. The van der Waals surface area contributed by atoms with Gasteiger partial charge >= 0.3 is 11.9 Å². The fourth-order valence-electron chi connectivity index (χ4n) is 2.80. The van der Waals surface area contributed by atoms with Crippen LogP contribution in [0, 0.1) is 0 Å². The van der Waals surface area contributed by atoms with Gasteiger partial charge in [-0.15, -0.1) is 0 Å². The summed E-state index contributed by atoms with van der Waals surface area (Å²) in [6, 6.07) is 16.8. The molecule has 0 saturated carbocycles. The molecule has 1 amide bonds. The average molecular weight is 355 g/mol. The molecule has 2 aromatic carbocycles. The van der Waals surface area contributed by atoms with Crippen LogP contribution in [0.15, 0.2) is 60.7 Å². The molecule has 0 aliphatic heterocycles. The largest absolute Gasteiger partial charge is 0.481 e. The van der Waals surface area contributed by atoms with E-state index in [0.717, 1.165) is 0 Å². The summed E-state index contributed by atoms with van der Waals surface area (Å²) in [5, 5.41) is 20.6. The second-order valence-electron chi connectivity index (χ2n) is 6.15. The minimum Gasteiger partial charge on any atom is -0.481 e. The number of carbonyl (C=O) groups is 3. The van der Waals surface area contributed by atoms with E-state index in [-0.39, 0.29) is 12.8 Å². The lowest BCUT2D eigenvalue weighted by atomic mass is 9.75. The van der Waals surface area contributed by atoms with Crippen molar-refractivity contribution in [1.82, 2.24) is 5.32 Å². The third-order valence-electron chi connectivity index (χ3n) is 4.41. The number of carbonyl (C=O) groups excluding carboxylic acids is 1. The molecule has 136 valence electrons. The number of carboxylic acids is 2. The number of nitrogens with one attached hydrogen (secondary N) is 1. The molecule has 2 rings (SSSR count). The highest BCUT2D eigenvalue weighted by Crippen LogP contribution is 2.32. The Kier molecular flexibility index (Phi) is 6.11. The lowest BCUT2D eigenvalue weighted by molar-refractivity contribution is -0.143. The summed E-state index contributed by atoms with van der Waals surface area (Å²) >= 11 is 0. The molecule has 2 aromatic rings. The van der Waals surface area contributed by atoms with Crippen molar-refractivity contribution in [3.8, 4) is 0 Å². The van der Waals surface area contributed by atoms with Crippen LogP contribution < -0.4 is 5.32 Å². The van der Waals surface area contributed by atoms with Crippen LogP contribution in [0.2, 0.25) is 0 Å². The molecule has 0 unspecified atom stereocenters. The minimum absolute atomic E-state index is 0.184. The third-order valence-corrected chi connectivity index (χ3v) is 4.41. The standard InChI is InChI=1S/C20H21NO5/c1-20(14-8-4-2-5-9-14,15-10-6-3-7-11-15)19(26)21-16(18(24)25)12-13-17(22)23/h2-11,16H,12-13H2,1H3,(H,21,26)(H,22,23)(H,24,25)/t16-/m0/s1. The predicted molar refractivity (Wildman–Crippen MR) is 95.8 cm³/mol. The van der Waals surface area contributed by atoms with Crippen molar-refractivity contribution in [2.75, 3.05) is 0 Å². The fraction of sp³-hybridized carbons (Fsp3) is 0.250. The number of benzene rings is 2. The van der Waals surface area contributed by atoms with Crippen LogP contribution in [0.4, 0.5) is 0 Å². The maximum absolute atomic E-state index is 13.1. The zero-order chi connectivity index (χ0) is 19.2. The summed E-state index contributed by atoms with van der Waals surface area (Å²) in [5.41, 5.74) is 0.316. The maximum Gasteiger partial charge on any atom is 0.326 e. The van der Waals surface area contributed by atoms with E-state index in [1.807, 2.05) is 36.4 Å². The number of aliphatic carboxylic acids is 2. The van der Waals surface area contributed by atoms with E-state index in [0.29, 0.717) is 11.1 Å². The highest BCUT2D eigenvalue weighted by atomic mass is 16.4. The molecular formula is C20H21NO5. The lowest BCUT2D eigenvalue weighted by Gasteiger charge is -2.31. The summed E-state index contributed by atoms with van der Waals surface area (Å²) in [4.78, 5) is 35.3. The van der Waals surface area contributed by atoms with E-state index in [9.17, 15) is 19.5 Å². The van der Waals surface area contributed by atoms with Crippen LogP contribution in [0.1, 0.15) is 30.9 Å². The summed E-state index contributed by atoms with van der Waals surface area (Å²) in [5.74, 6) is -2.87. The van der Waals surface area contributed by atoms with Gasteiger partial charge in [0.25, 0.3) is 0 Å². The van der Waals surface area contributed by atoms with Crippen LogP contribution in [0.25, 0.3) is 0 Å². The smallest absolute Gasteiger partial charge is 0.326 e. The molecule has 0 bridgehead atoms. The van der Waals surface area contributed by atoms with Gasteiger partial charge < -0.3 is 15.5 Å². The van der Waals surface area contributed by atoms with E-state index >= 15 is 0 Å². The van der Waals surface area contributed by atoms with E-state index in [1.54, 1.807) is 31.2 Å². The maximum atomic E-state index is 13.1. The molecule has 0 spiro atoms. The van der Waals surface area contributed by atoms with Crippen LogP contribution in [0.3, 0.4) is 0 Å². The van der Waals surface area contributed by atoms with Crippen molar-refractivity contribution in [3.63, 3.8) is 0 Å². The number of hydrogen-bond donors (Lipinski definition) is 3. The van der Waals surface area contributed by atoms with Crippen LogP contribution >= 0.6 is 0 Å². The molecule has 0 aliphatic carbocycles. The molecule has 0 saturated heterocycles. The average Bonchev–Trinajstić information content (AvgIpc) is 2.65. The Balaban J connectivity index is 2.38. The number of rotatable bonds is 8. The number of amides is 1. The van der Waals surface area contributed by atoms with E-state index in [2.05, 4.69) is 5.32 Å². The monoisotopic (exact) mass is 355 g/mol. The molecule has 0 aromatic heterocycles. The molecule has 0 fully saturated rings. The highest BCUT2D eigenvalue weighted by Gasteiger charge is 2.38. The zero-order valence-corrected chi connectivity index (χ0v) is 14.4. The van der Waals surface area contributed by atoms with E-state index in [4.69, 9.17) is 5.11 Å². The predicted octanol–water partition coefficient (Wildman–Crippen LogP) is 2.43. The first kappa shape index (κ1) is 19.2. The molecule has 26 heavy (non-hydrogen) atoms. The second kappa shape index (κ2) is 8.29. The van der Waals surface area contributed by atoms with Crippen molar-refractivity contribution in [1.29, 1.82) is 0 Å². The van der Waals surface area contributed by atoms with Gasteiger partial charge in [0, 0.05) is 6.42 Å². The lowest BCUT2D eigenvalue weighted by Crippen LogP contribution is -2.50. The van der Waals surface area contributed by atoms with Gasteiger partial charge in [0.2, 0.25) is 5.91 Å². The van der Waals surface area contributed by atoms with Crippen molar-refractivity contribution in [3.05, 3.63) is 71.8 Å². The fourth-order valence-corrected chi connectivity index (χ4v) is 2.80. The molecule has 0 radical (unpaired) electrons. The van der Waals surface area contributed by atoms with Gasteiger partial charge in [-0.3, -0.25) is 9.59 Å². The third kappa shape index (κ3) is 4.27. The Labute approximate surface area is 151 Å². The minimum atomic E-state index is -1.27. The van der Waals surface area contributed by atoms with Crippen molar-refractivity contribution >= 4 is 17.8 Å². The Hall–Kier alpha value is -3.15.